The highest BCUT2D eigenvalue weighted by Gasteiger charge is 2.26. The Morgan fingerprint density at radius 1 is 1.14 bits per heavy atom. The van der Waals surface area contributed by atoms with Crippen molar-refractivity contribution < 1.29 is 23.1 Å². The number of nitrogens with zero attached hydrogens (tertiary/aromatic N) is 4. The van der Waals surface area contributed by atoms with Crippen molar-refractivity contribution in [3.05, 3.63) is 83.3 Å². The highest BCUT2D eigenvalue weighted by atomic mass is 19.1. The van der Waals surface area contributed by atoms with Gasteiger partial charge in [-0.2, -0.15) is 5.10 Å². The van der Waals surface area contributed by atoms with E-state index >= 15 is 0 Å². The second kappa shape index (κ2) is 12.8. The number of nitrogens with one attached hydrogen (secondary N) is 2. The van der Waals surface area contributed by atoms with Gasteiger partial charge < -0.3 is 19.8 Å². The van der Waals surface area contributed by atoms with E-state index in [9.17, 15) is 14.0 Å². The molecule has 0 bridgehead atoms. The highest BCUT2D eigenvalue weighted by molar-refractivity contribution is 5.99. The van der Waals surface area contributed by atoms with Gasteiger partial charge in [-0.1, -0.05) is 31.2 Å². The third kappa shape index (κ3) is 5.83. The number of ether oxygens (including phenoxy) is 1. The van der Waals surface area contributed by atoms with Crippen molar-refractivity contribution in [2.45, 2.75) is 52.2 Å². The van der Waals surface area contributed by atoms with Crippen LogP contribution in [0.1, 0.15) is 58.8 Å². The number of halogens is 1. The van der Waals surface area contributed by atoms with Crippen LogP contribution in [0.4, 0.5) is 10.1 Å². The molecule has 1 aliphatic rings. The van der Waals surface area contributed by atoms with Gasteiger partial charge in [-0.05, 0) is 55.5 Å². The van der Waals surface area contributed by atoms with E-state index in [-0.39, 0.29) is 18.3 Å². The normalized spacial score (nSPS) is 13.7. The van der Waals surface area contributed by atoms with Crippen molar-refractivity contribution in [1.82, 2.24) is 25.1 Å². The van der Waals surface area contributed by atoms with Crippen LogP contribution in [0.3, 0.4) is 0 Å². The highest BCUT2D eigenvalue weighted by Crippen LogP contribution is 2.38. The fourth-order valence-electron chi connectivity index (χ4n) is 5.50. The SMILES string of the molecule is CCc1nc2c(cnn2CC)c(NC2CCOCC2)c1-c1nc(C(=O)NCc2ccc(F)c(-c3cccc(C=O)c3)c2)co1. The number of aldehydes is 1. The van der Waals surface area contributed by atoms with Crippen LogP contribution in [0.25, 0.3) is 33.6 Å². The number of benzene rings is 2. The summed E-state index contributed by atoms with van der Waals surface area (Å²) in [6.45, 7) is 6.23. The average molecular weight is 597 g/mol. The Kier molecular flexibility index (Phi) is 8.47. The molecule has 10 nitrogen and oxygen atoms in total. The number of anilines is 1. The summed E-state index contributed by atoms with van der Waals surface area (Å²) in [6, 6.07) is 11.5. The summed E-state index contributed by atoms with van der Waals surface area (Å²) >= 11 is 0. The zero-order valence-electron chi connectivity index (χ0n) is 24.6. The molecule has 1 fully saturated rings. The molecule has 226 valence electrons. The number of fused-ring (bicyclic) bond motifs is 1. The third-order valence-electron chi connectivity index (χ3n) is 7.83. The van der Waals surface area contributed by atoms with Crippen molar-refractivity contribution in [1.29, 1.82) is 0 Å². The third-order valence-corrected chi connectivity index (χ3v) is 7.83. The summed E-state index contributed by atoms with van der Waals surface area (Å²) in [4.78, 5) is 33.9. The monoisotopic (exact) mass is 596 g/mol. The molecule has 5 aromatic rings. The van der Waals surface area contributed by atoms with Gasteiger partial charge in [0.25, 0.3) is 5.91 Å². The molecule has 2 N–H and O–H groups in total. The maximum Gasteiger partial charge on any atom is 0.273 e. The minimum Gasteiger partial charge on any atom is -0.443 e. The largest absolute Gasteiger partial charge is 0.443 e. The van der Waals surface area contributed by atoms with Gasteiger partial charge in [0.15, 0.2) is 11.3 Å². The number of carbonyl (C=O) groups is 2. The Hall–Kier alpha value is -4.90. The fraction of sp³-hybridized carbons (Fsp3) is 0.303. The molecule has 6 rings (SSSR count). The van der Waals surface area contributed by atoms with E-state index in [1.807, 2.05) is 18.5 Å². The molecule has 0 saturated carbocycles. The molecule has 0 atom stereocenters. The predicted molar refractivity (Wildman–Crippen MR) is 164 cm³/mol. The van der Waals surface area contributed by atoms with Crippen LogP contribution in [-0.4, -0.2) is 51.2 Å². The Labute approximate surface area is 253 Å². The number of aromatic nitrogens is 4. The molecule has 11 heteroatoms. The summed E-state index contributed by atoms with van der Waals surface area (Å²) in [7, 11) is 0. The molecule has 1 saturated heterocycles. The molecule has 0 aliphatic carbocycles. The first-order valence-corrected chi connectivity index (χ1v) is 14.8. The maximum atomic E-state index is 14.7. The number of hydrogen-bond acceptors (Lipinski definition) is 8. The Morgan fingerprint density at radius 2 is 1.98 bits per heavy atom. The molecule has 0 radical (unpaired) electrons. The van der Waals surface area contributed by atoms with Crippen LogP contribution in [-0.2, 0) is 24.2 Å². The molecule has 0 unspecified atom stereocenters. The summed E-state index contributed by atoms with van der Waals surface area (Å²) in [5.41, 5.74) is 5.29. The molecule has 3 aromatic heterocycles. The Balaban J connectivity index is 1.27. The van der Waals surface area contributed by atoms with Gasteiger partial charge in [0, 0.05) is 43.5 Å². The van der Waals surface area contributed by atoms with Crippen molar-refractivity contribution in [3.63, 3.8) is 0 Å². The summed E-state index contributed by atoms with van der Waals surface area (Å²) in [5.74, 6) is -0.561. The van der Waals surface area contributed by atoms with Gasteiger partial charge in [0.1, 0.15) is 18.4 Å². The Morgan fingerprint density at radius 3 is 2.75 bits per heavy atom. The predicted octanol–water partition coefficient (Wildman–Crippen LogP) is 5.81. The van der Waals surface area contributed by atoms with E-state index in [1.165, 1.54) is 12.3 Å². The van der Waals surface area contributed by atoms with Gasteiger partial charge in [0.05, 0.1) is 28.5 Å². The number of aryl methyl sites for hydroxylation is 2. The molecule has 44 heavy (non-hydrogen) atoms. The Bertz CT molecular complexity index is 1820. The molecular formula is C33H33FN6O4. The van der Waals surface area contributed by atoms with E-state index in [0.717, 1.165) is 41.5 Å². The van der Waals surface area contributed by atoms with E-state index in [4.69, 9.17) is 14.1 Å². The number of amides is 1. The fourth-order valence-corrected chi connectivity index (χ4v) is 5.50. The molecule has 0 spiro atoms. The first-order valence-electron chi connectivity index (χ1n) is 14.8. The number of carbonyl (C=O) groups excluding carboxylic acids is 2. The van der Waals surface area contributed by atoms with Crippen LogP contribution < -0.4 is 10.6 Å². The molecule has 1 amide bonds. The van der Waals surface area contributed by atoms with Crippen LogP contribution in [0, 0.1) is 5.82 Å². The number of hydrogen-bond donors (Lipinski definition) is 2. The van der Waals surface area contributed by atoms with Crippen molar-refractivity contribution in [2.24, 2.45) is 0 Å². The number of pyridine rings is 1. The minimum absolute atomic E-state index is 0.115. The van der Waals surface area contributed by atoms with Gasteiger partial charge in [-0.15, -0.1) is 0 Å². The van der Waals surface area contributed by atoms with E-state index < -0.39 is 11.7 Å². The van der Waals surface area contributed by atoms with Gasteiger partial charge in [-0.3, -0.25) is 9.59 Å². The first kappa shape index (κ1) is 29.2. The van der Waals surface area contributed by atoms with Gasteiger partial charge >= 0.3 is 0 Å². The topological polar surface area (TPSA) is 124 Å². The molecule has 4 heterocycles. The van der Waals surface area contributed by atoms with E-state index in [1.54, 1.807) is 42.6 Å². The second-order valence-corrected chi connectivity index (χ2v) is 10.7. The van der Waals surface area contributed by atoms with E-state index in [0.29, 0.717) is 59.9 Å². The standard InChI is InChI=1S/C33H33FN6O4/c1-3-27-29(30(37-23-10-12-43-13-11-23)25-17-36-40(4-2)31(25)38-27)33-39-28(19-44-33)32(42)35-16-20-8-9-26(34)24(15-20)22-7-5-6-21(14-22)18-41/h5-9,14-15,17-19,23H,3-4,10-13,16H2,1-2H3,(H,35,42)(H,37,38). The summed E-state index contributed by atoms with van der Waals surface area (Å²) in [6.07, 6.45) is 6.20. The zero-order chi connectivity index (χ0) is 30.6. The maximum absolute atomic E-state index is 14.7. The lowest BCUT2D eigenvalue weighted by atomic mass is 10.0. The van der Waals surface area contributed by atoms with Gasteiger partial charge in [0.2, 0.25) is 5.89 Å². The zero-order valence-corrected chi connectivity index (χ0v) is 24.6. The van der Waals surface area contributed by atoms with Crippen LogP contribution >= 0.6 is 0 Å². The average Bonchev–Trinajstić information content (AvgIpc) is 3.72. The summed E-state index contributed by atoms with van der Waals surface area (Å²) < 4.78 is 28.0. The van der Waals surface area contributed by atoms with Crippen molar-refractivity contribution >= 4 is 28.9 Å². The van der Waals surface area contributed by atoms with Crippen molar-refractivity contribution in [3.8, 4) is 22.6 Å². The van der Waals surface area contributed by atoms with Crippen LogP contribution in [0.5, 0.6) is 0 Å². The lowest BCUT2D eigenvalue weighted by molar-refractivity contribution is 0.0904. The number of oxazole rings is 1. The second-order valence-electron chi connectivity index (χ2n) is 10.7. The smallest absolute Gasteiger partial charge is 0.273 e. The van der Waals surface area contributed by atoms with E-state index in [2.05, 4.69) is 20.7 Å². The van der Waals surface area contributed by atoms with Gasteiger partial charge in [-0.25, -0.2) is 19.0 Å². The lowest BCUT2D eigenvalue weighted by Crippen LogP contribution is -2.28. The molecule has 1 aliphatic heterocycles. The molecule has 2 aromatic carbocycles. The minimum atomic E-state index is -0.432. The first-order chi connectivity index (χ1) is 21.5. The lowest BCUT2D eigenvalue weighted by Gasteiger charge is -2.26. The number of rotatable bonds is 10. The van der Waals surface area contributed by atoms with Crippen molar-refractivity contribution in [2.75, 3.05) is 18.5 Å². The summed E-state index contributed by atoms with van der Waals surface area (Å²) in [5, 5.41) is 11.9. The van der Waals surface area contributed by atoms with Crippen LogP contribution in [0.15, 0.2) is 59.3 Å². The van der Waals surface area contributed by atoms with Crippen LogP contribution in [0.2, 0.25) is 0 Å². The quantitative estimate of drug-likeness (QED) is 0.194. The molecular weight excluding hydrogens is 563 g/mol.